The Balaban J connectivity index is 2.06. The van der Waals surface area contributed by atoms with E-state index < -0.39 is 35.0 Å². The summed E-state index contributed by atoms with van der Waals surface area (Å²) >= 11 is 0. The van der Waals surface area contributed by atoms with E-state index in [0.717, 1.165) is 0 Å². The first-order valence-corrected chi connectivity index (χ1v) is 9.83. The molecule has 2 N–H and O–H groups in total. The van der Waals surface area contributed by atoms with E-state index >= 15 is 0 Å². The van der Waals surface area contributed by atoms with Crippen LogP contribution in [0.4, 0.5) is 4.39 Å². The molecular formula is C22H25FN4O4. The van der Waals surface area contributed by atoms with Crippen LogP contribution in [0.15, 0.2) is 45.8 Å². The average molecular weight is 428 g/mol. The minimum Gasteiger partial charge on any atom is -0.388 e. The summed E-state index contributed by atoms with van der Waals surface area (Å²) in [4.78, 5) is 30.2. The number of amides is 1. The maximum absolute atomic E-state index is 13.4. The Morgan fingerprint density at radius 1 is 1.26 bits per heavy atom. The standard InChI is InChI=1S/C22H25FN4O4/c1-12(20-25-14(3)26-31-20)24-19(28)16-10-18(15-6-8-17(23)9-7-15)21(29)27(11-16)13(2)22(4,5)30/h6-13,30H,1-5H3,(H,24,28). The number of benzene rings is 1. The van der Waals surface area contributed by atoms with Gasteiger partial charge in [0, 0.05) is 11.8 Å². The van der Waals surface area contributed by atoms with Gasteiger partial charge in [-0.1, -0.05) is 17.3 Å². The fourth-order valence-corrected chi connectivity index (χ4v) is 3.02. The average Bonchev–Trinajstić information content (AvgIpc) is 3.14. The van der Waals surface area contributed by atoms with E-state index in [4.69, 9.17) is 4.52 Å². The van der Waals surface area contributed by atoms with Gasteiger partial charge in [0.25, 0.3) is 11.5 Å². The third-order valence-corrected chi connectivity index (χ3v) is 5.16. The molecule has 2 atom stereocenters. The predicted molar refractivity (Wildman–Crippen MR) is 112 cm³/mol. The highest BCUT2D eigenvalue weighted by molar-refractivity contribution is 5.95. The highest BCUT2D eigenvalue weighted by Crippen LogP contribution is 2.24. The third-order valence-electron chi connectivity index (χ3n) is 5.16. The number of nitrogens with zero attached hydrogens (tertiary/aromatic N) is 3. The number of nitrogens with one attached hydrogen (secondary N) is 1. The molecule has 9 heteroatoms. The number of aryl methyl sites for hydroxylation is 1. The number of rotatable bonds is 6. The summed E-state index contributed by atoms with van der Waals surface area (Å²) < 4.78 is 19.8. The second-order valence-electron chi connectivity index (χ2n) is 8.07. The topological polar surface area (TPSA) is 110 Å². The fourth-order valence-electron chi connectivity index (χ4n) is 3.02. The van der Waals surface area contributed by atoms with Crippen LogP contribution >= 0.6 is 0 Å². The van der Waals surface area contributed by atoms with E-state index in [1.165, 1.54) is 41.1 Å². The SMILES string of the molecule is Cc1noc(C(C)NC(=O)c2cc(-c3ccc(F)cc3)c(=O)n(C(C)C(C)(C)O)c2)n1. The van der Waals surface area contributed by atoms with Gasteiger partial charge < -0.3 is 19.5 Å². The quantitative estimate of drug-likeness (QED) is 0.624. The second kappa shape index (κ2) is 8.43. The van der Waals surface area contributed by atoms with Crippen LogP contribution < -0.4 is 10.9 Å². The molecule has 1 amide bonds. The number of carbonyl (C=O) groups is 1. The molecule has 0 saturated heterocycles. The van der Waals surface area contributed by atoms with Gasteiger partial charge in [-0.2, -0.15) is 4.98 Å². The van der Waals surface area contributed by atoms with Gasteiger partial charge in [-0.25, -0.2) is 4.39 Å². The number of aliphatic hydroxyl groups is 1. The zero-order chi connectivity index (χ0) is 22.9. The molecule has 0 bridgehead atoms. The van der Waals surface area contributed by atoms with E-state index in [0.29, 0.717) is 11.4 Å². The smallest absolute Gasteiger partial charge is 0.258 e. The van der Waals surface area contributed by atoms with Crippen LogP contribution in [-0.2, 0) is 0 Å². The number of hydrogen-bond acceptors (Lipinski definition) is 6. The molecule has 0 saturated carbocycles. The van der Waals surface area contributed by atoms with Gasteiger partial charge in [-0.15, -0.1) is 0 Å². The maximum Gasteiger partial charge on any atom is 0.258 e. The van der Waals surface area contributed by atoms with Crippen molar-refractivity contribution in [3.8, 4) is 11.1 Å². The molecule has 0 aliphatic heterocycles. The lowest BCUT2D eigenvalue weighted by molar-refractivity contribution is 0.0291. The zero-order valence-electron chi connectivity index (χ0n) is 18.0. The minimum absolute atomic E-state index is 0.193. The van der Waals surface area contributed by atoms with E-state index in [2.05, 4.69) is 15.5 Å². The number of hydrogen-bond donors (Lipinski definition) is 2. The Morgan fingerprint density at radius 2 is 1.90 bits per heavy atom. The molecular weight excluding hydrogens is 403 g/mol. The van der Waals surface area contributed by atoms with Gasteiger partial charge in [0.1, 0.15) is 11.9 Å². The lowest BCUT2D eigenvalue weighted by Crippen LogP contribution is -2.38. The Kier molecular flexibility index (Phi) is 6.08. The van der Waals surface area contributed by atoms with Crippen molar-refractivity contribution in [3.63, 3.8) is 0 Å². The monoisotopic (exact) mass is 428 g/mol. The van der Waals surface area contributed by atoms with E-state index in [9.17, 15) is 19.1 Å². The lowest BCUT2D eigenvalue weighted by atomic mass is 9.98. The van der Waals surface area contributed by atoms with Gasteiger partial charge in [-0.05, 0) is 58.4 Å². The normalized spacial score (nSPS) is 13.6. The van der Waals surface area contributed by atoms with Crippen LogP contribution in [0.1, 0.15) is 61.9 Å². The Morgan fingerprint density at radius 3 is 2.45 bits per heavy atom. The molecule has 0 fully saturated rings. The lowest BCUT2D eigenvalue weighted by Gasteiger charge is -2.28. The van der Waals surface area contributed by atoms with Crippen LogP contribution in [0.5, 0.6) is 0 Å². The number of halogens is 1. The molecule has 3 aromatic rings. The van der Waals surface area contributed by atoms with Gasteiger partial charge in [-0.3, -0.25) is 9.59 Å². The second-order valence-corrected chi connectivity index (χ2v) is 8.07. The first-order chi connectivity index (χ1) is 14.5. The maximum atomic E-state index is 13.4. The fraction of sp³-hybridized carbons (Fsp3) is 0.364. The van der Waals surface area contributed by atoms with Crippen molar-refractivity contribution in [1.82, 2.24) is 20.0 Å². The van der Waals surface area contributed by atoms with Crippen molar-refractivity contribution in [2.75, 3.05) is 0 Å². The molecule has 0 radical (unpaired) electrons. The Bertz CT molecular complexity index is 1150. The van der Waals surface area contributed by atoms with Gasteiger partial charge in [0.2, 0.25) is 5.89 Å². The first kappa shape index (κ1) is 22.4. The summed E-state index contributed by atoms with van der Waals surface area (Å²) in [5.41, 5.74) is -0.770. The Labute approximate surface area is 178 Å². The predicted octanol–water partition coefficient (Wildman–Crippen LogP) is 3.17. The Hall–Kier alpha value is -3.33. The van der Waals surface area contributed by atoms with Gasteiger partial charge >= 0.3 is 0 Å². The summed E-state index contributed by atoms with van der Waals surface area (Å²) in [5, 5.41) is 16.9. The molecule has 2 unspecified atom stereocenters. The van der Waals surface area contributed by atoms with Crippen molar-refractivity contribution < 1.29 is 18.8 Å². The molecule has 0 aliphatic carbocycles. The van der Waals surface area contributed by atoms with Crippen molar-refractivity contribution >= 4 is 5.91 Å². The molecule has 164 valence electrons. The van der Waals surface area contributed by atoms with Crippen LogP contribution in [0.25, 0.3) is 11.1 Å². The highest BCUT2D eigenvalue weighted by Gasteiger charge is 2.27. The molecule has 8 nitrogen and oxygen atoms in total. The number of pyridine rings is 1. The summed E-state index contributed by atoms with van der Waals surface area (Å²) in [5.74, 6) is -0.208. The van der Waals surface area contributed by atoms with Crippen molar-refractivity contribution in [2.45, 2.75) is 52.3 Å². The van der Waals surface area contributed by atoms with Gasteiger partial charge in [0.05, 0.1) is 17.2 Å². The molecule has 3 rings (SSSR count). The summed E-state index contributed by atoms with van der Waals surface area (Å²) in [6.45, 7) is 8.20. The molecule has 2 aromatic heterocycles. The van der Waals surface area contributed by atoms with Crippen LogP contribution in [0.3, 0.4) is 0 Å². The largest absolute Gasteiger partial charge is 0.388 e. The van der Waals surface area contributed by atoms with E-state index in [1.807, 2.05) is 0 Å². The van der Waals surface area contributed by atoms with Crippen LogP contribution in [-0.4, -0.2) is 31.3 Å². The summed E-state index contributed by atoms with van der Waals surface area (Å²) in [6.07, 6.45) is 1.40. The van der Waals surface area contributed by atoms with Crippen LogP contribution in [0, 0.1) is 12.7 Å². The van der Waals surface area contributed by atoms with Crippen molar-refractivity contribution in [2.24, 2.45) is 0 Å². The van der Waals surface area contributed by atoms with E-state index in [1.54, 1.807) is 34.6 Å². The van der Waals surface area contributed by atoms with Crippen LogP contribution in [0.2, 0.25) is 0 Å². The van der Waals surface area contributed by atoms with Crippen molar-refractivity contribution in [3.05, 3.63) is 70.0 Å². The molecule has 0 spiro atoms. The van der Waals surface area contributed by atoms with Crippen molar-refractivity contribution in [1.29, 1.82) is 0 Å². The molecule has 2 heterocycles. The highest BCUT2D eigenvalue weighted by atomic mass is 19.1. The summed E-state index contributed by atoms with van der Waals surface area (Å²) in [6, 6.07) is 5.67. The molecule has 1 aromatic carbocycles. The summed E-state index contributed by atoms with van der Waals surface area (Å²) in [7, 11) is 0. The zero-order valence-corrected chi connectivity index (χ0v) is 18.0. The molecule has 31 heavy (non-hydrogen) atoms. The first-order valence-electron chi connectivity index (χ1n) is 9.83. The number of aromatic nitrogens is 3. The number of carbonyl (C=O) groups excluding carboxylic acids is 1. The minimum atomic E-state index is -1.23. The van der Waals surface area contributed by atoms with Gasteiger partial charge in [0.15, 0.2) is 5.82 Å². The van der Waals surface area contributed by atoms with E-state index in [-0.39, 0.29) is 17.0 Å². The molecule has 0 aliphatic rings. The third kappa shape index (κ3) is 4.88.